The molecule has 1 aromatic carbocycles. The van der Waals surface area contributed by atoms with Crippen molar-refractivity contribution in [3.05, 3.63) is 69.5 Å². The number of nitrogens with zero attached hydrogens (tertiary/aromatic N) is 1. The molecule has 2 heterocycles. The van der Waals surface area contributed by atoms with Crippen LogP contribution in [-0.4, -0.2) is 10.9 Å². The fourth-order valence-corrected chi connectivity index (χ4v) is 3.27. The van der Waals surface area contributed by atoms with E-state index in [0.717, 1.165) is 11.4 Å². The van der Waals surface area contributed by atoms with Gasteiger partial charge in [-0.1, -0.05) is 23.8 Å². The lowest BCUT2D eigenvalue weighted by molar-refractivity contribution is 0.103. The Balaban J connectivity index is 1.72. The fraction of sp³-hybridized carbons (Fsp3) is 0.158. The molecule has 0 aliphatic carbocycles. The molecule has 3 rings (SSSR count). The molecule has 24 heavy (non-hydrogen) atoms. The van der Waals surface area contributed by atoms with E-state index in [2.05, 4.69) is 48.5 Å². The van der Waals surface area contributed by atoms with Crippen molar-refractivity contribution in [2.75, 3.05) is 10.6 Å². The zero-order chi connectivity index (χ0) is 17.1. The molecule has 0 aliphatic rings. The Labute approximate surface area is 145 Å². The van der Waals surface area contributed by atoms with Gasteiger partial charge in [-0.15, -0.1) is 11.3 Å². The third-order valence-electron chi connectivity index (χ3n) is 3.70. The summed E-state index contributed by atoms with van der Waals surface area (Å²) in [4.78, 5) is 17.0. The van der Waals surface area contributed by atoms with Gasteiger partial charge in [0, 0.05) is 5.69 Å². The van der Waals surface area contributed by atoms with E-state index in [1.807, 2.05) is 17.5 Å². The number of rotatable bonds is 4. The van der Waals surface area contributed by atoms with E-state index in [4.69, 9.17) is 0 Å². The molecule has 1 amide bonds. The first-order chi connectivity index (χ1) is 11.5. The van der Waals surface area contributed by atoms with Crippen LogP contribution in [0.3, 0.4) is 0 Å². The first kappa shape index (κ1) is 16.2. The van der Waals surface area contributed by atoms with Gasteiger partial charge in [0.25, 0.3) is 5.91 Å². The van der Waals surface area contributed by atoms with Gasteiger partial charge in [-0.3, -0.25) is 4.79 Å². The van der Waals surface area contributed by atoms with Crippen LogP contribution in [0.2, 0.25) is 0 Å². The Morgan fingerprint density at radius 2 is 1.83 bits per heavy atom. The van der Waals surface area contributed by atoms with Crippen LogP contribution in [0.15, 0.2) is 48.0 Å². The van der Waals surface area contributed by atoms with E-state index in [0.29, 0.717) is 10.7 Å². The molecular weight excluding hydrogens is 318 g/mol. The lowest BCUT2D eigenvalue weighted by Gasteiger charge is -2.14. The zero-order valence-electron chi connectivity index (χ0n) is 13.9. The molecule has 2 N–H and O–H groups in total. The Kier molecular flexibility index (Phi) is 4.62. The van der Waals surface area contributed by atoms with Crippen LogP contribution in [0, 0.1) is 20.8 Å². The average Bonchev–Trinajstić information content (AvgIpc) is 3.07. The monoisotopic (exact) mass is 337 g/mol. The van der Waals surface area contributed by atoms with Crippen LogP contribution in [0.4, 0.5) is 17.2 Å². The molecule has 0 atom stereocenters. The first-order valence-corrected chi connectivity index (χ1v) is 8.56. The summed E-state index contributed by atoms with van der Waals surface area (Å²) in [7, 11) is 0. The molecule has 0 fully saturated rings. The van der Waals surface area contributed by atoms with Gasteiger partial charge in [-0.05, 0) is 55.5 Å². The molecule has 4 nitrogen and oxygen atoms in total. The SMILES string of the molecule is Cc1cc(C)c(Nc2ccc(NC(=O)c3cccs3)nc2)c(C)c1. The highest BCUT2D eigenvalue weighted by molar-refractivity contribution is 7.12. The Hall–Kier alpha value is -2.66. The van der Waals surface area contributed by atoms with Gasteiger partial charge in [-0.25, -0.2) is 4.98 Å². The minimum Gasteiger partial charge on any atom is -0.354 e. The van der Waals surface area contributed by atoms with E-state index in [-0.39, 0.29) is 5.91 Å². The smallest absolute Gasteiger partial charge is 0.266 e. The second-order valence-electron chi connectivity index (χ2n) is 5.76. The summed E-state index contributed by atoms with van der Waals surface area (Å²) < 4.78 is 0. The summed E-state index contributed by atoms with van der Waals surface area (Å²) in [5, 5.41) is 8.08. The van der Waals surface area contributed by atoms with Gasteiger partial charge in [0.2, 0.25) is 0 Å². The maximum atomic E-state index is 12.0. The topological polar surface area (TPSA) is 54.0 Å². The van der Waals surface area contributed by atoms with Gasteiger partial charge < -0.3 is 10.6 Å². The fourth-order valence-electron chi connectivity index (χ4n) is 2.65. The number of benzene rings is 1. The molecule has 122 valence electrons. The molecule has 0 unspecified atom stereocenters. The summed E-state index contributed by atoms with van der Waals surface area (Å²) >= 11 is 1.41. The van der Waals surface area contributed by atoms with Crippen LogP contribution in [0.1, 0.15) is 26.4 Å². The molecule has 2 aromatic heterocycles. The van der Waals surface area contributed by atoms with Crippen molar-refractivity contribution in [2.45, 2.75) is 20.8 Å². The maximum absolute atomic E-state index is 12.0. The third-order valence-corrected chi connectivity index (χ3v) is 4.57. The highest BCUT2D eigenvalue weighted by Crippen LogP contribution is 2.26. The molecule has 5 heteroatoms. The number of anilines is 3. The van der Waals surface area contributed by atoms with Crippen LogP contribution < -0.4 is 10.6 Å². The number of thiophene rings is 1. The van der Waals surface area contributed by atoms with Gasteiger partial charge in [0.05, 0.1) is 16.8 Å². The highest BCUT2D eigenvalue weighted by Gasteiger charge is 2.08. The van der Waals surface area contributed by atoms with Gasteiger partial charge >= 0.3 is 0 Å². The van der Waals surface area contributed by atoms with Crippen LogP contribution >= 0.6 is 11.3 Å². The number of hydrogen-bond donors (Lipinski definition) is 2. The minimum absolute atomic E-state index is 0.136. The standard InChI is InChI=1S/C19H19N3OS/c1-12-9-13(2)18(14(3)10-12)21-15-6-7-17(20-11-15)22-19(23)16-5-4-8-24-16/h4-11,21H,1-3H3,(H,20,22,23). The molecule has 0 saturated heterocycles. The number of carbonyl (C=O) groups excluding carboxylic acids is 1. The third kappa shape index (κ3) is 3.63. The maximum Gasteiger partial charge on any atom is 0.266 e. The van der Waals surface area contributed by atoms with Crippen molar-refractivity contribution in [3.8, 4) is 0 Å². The van der Waals surface area contributed by atoms with E-state index in [1.54, 1.807) is 18.3 Å². The van der Waals surface area contributed by atoms with Gasteiger partial charge in [-0.2, -0.15) is 0 Å². The predicted molar refractivity (Wildman–Crippen MR) is 100 cm³/mol. The molecule has 3 aromatic rings. The minimum atomic E-state index is -0.136. The van der Waals surface area contributed by atoms with E-state index >= 15 is 0 Å². The Morgan fingerprint density at radius 3 is 2.42 bits per heavy atom. The summed E-state index contributed by atoms with van der Waals surface area (Å²) in [6.45, 7) is 6.27. The van der Waals surface area contributed by atoms with Crippen LogP contribution in [-0.2, 0) is 0 Å². The first-order valence-electron chi connectivity index (χ1n) is 7.69. The number of aryl methyl sites for hydroxylation is 3. The zero-order valence-corrected chi connectivity index (χ0v) is 14.7. The Morgan fingerprint density at radius 1 is 1.08 bits per heavy atom. The lowest BCUT2D eigenvalue weighted by Crippen LogP contribution is -2.11. The Bertz CT molecular complexity index is 832. The van der Waals surface area contributed by atoms with Crippen LogP contribution in [0.25, 0.3) is 0 Å². The number of aromatic nitrogens is 1. The molecule has 0 saturated carbocycles. The number of hydrogen-bond acceptors (Lipinski definition) is 4. The summed E-state index contributed by atoms with van der Waals surface area (Å²) in [6.07, 6.45) is 1.72. The summed E-state index contributed by atoms with van der Waals surface area (Å²) in [6, 6.07) is 11.7. The quantitative estimate of drug-likeness (QED) is 0.699. The number of carbonyl (C=O) groups is 1. The van der Waals surface area contributed by atoms with Crippen LogP contribution in [0.5, 0.6) is 0 Å². The largest absolute Gasteiger partial charge is 0.354 e. The van der Waals surface area contributed by atoms with E-state index < -0.39 is 0 Å². The van der Waals surface area contributed by atoms with Crippen molar-refractivity contribution in [3.63, 3.8) is 0 Å². The summed E-state index contributed by atoms with van der Waals surface area (Å²) in [5.41, 5.74) is 5.63. The predicted octanol–water partition coefficient (Wildman–Crippen LogP) is 5.06. The molecule has 0 bridgehead atoms. The van der Waals surface area contributed by atoms with Gasteiger partial charge in [0.15, 0.2) is 0 Å². The lowest BCUT2D eigenvalue weighted by atomic mass is 10.0. The molecule has 0 radical (unpaired) electrons. The normalized spacial score (nSPS) is 10.5. The molecule has 0 aliphatic heterocycles. The molecule has 0 spiro atoms. The average molecular weight is 337 g/mol. The van der Waals surface area contributed by atoms with Crippen molar-refractivity contribution in [2.24, 2.45) is 0 Å². The second-order valence-corrected chi connectivity index (χ2v) is 6.71. The second kappa shape index (κ2) is 6.84. The van der Waals surface area contributed by atoms with Gasteiger partial charge in [0.1, 0.15) is 5.82 Å². The number of nitrogens with one attached hydrogen (secondary N) is 2. The van der Waals surface area contributed by atoms with Crippen molar-refractivity contribution < 1.29 is 4.79 Å². The van der Waals surface area contributed by atoms with Crippen molar-refractivity contribution >= 4 is 34.4 Å². The molecular formula is C19H19N3OS. The highest BCUT2D eigenvalue weighted by atomic mass is 32.1. The van der Waals surface area contributed by atoms with E-state index in [9.17, 15) is 4.79 Å². The van der Waals surface area contributed by atoms with Crippen molar-refractivity contribution in [1.29, 1.82) is 0 Å². The summed E-state index contributed by atoms with van der Waals surface area (Å²) in [5.74, 6) is 0.403. The number of pyridine rings is 1. The number of amides is 1. The van der Waals surface area contributed by atoms with Crippen molar-refractivity contribution in [1.82, 2.24) is 4.98 Å². The van der Waals surface area contributed by atoms with E-state index in [1.165, 1.54) is 28.0 Å².